The van der Waals surface area contributed by atoms with Crippen molar-refractivity contribution in [2.24, 2.45) is 0 Å². The summed E-state index contributed by atoms with van der Waals surface area (Å²) < 4.78 is 0. The number of likely N-dealkylation sites (N-methyl/N-ethyl adjacent to an activating group) is 1. The summed E-state index contributed by atoms with van der Waals surface area (Å²) >= 11 is 7.50. The number of halogens is 1. The fourth-order valence-electron chi connectivity index (χ4n) is 3.04. The summed E-state index contributed by atoms with van der Waals surface area (Å²) in [5, 5.41) is 7.71. The summed E-state index contributed by atoms with van der Waals surface area (Å²) in [5.74, 6) is -0.962. The summed E-state index contributed by atoms with van der Waals surface area (Å²) in [6.07, 6.45) is 0. The third-order valence-corrected chi connectivity index (χ3v) is 5.88. The SMILES string of the molecule is Cc1cccc(C)c1NC(=O)CN(C)C(=O)c1ccc(Cl)c(NC(=O)c2cccs2)c1. The van der Waals surface area contributed by atoms with E-state index in [4.69, 9.17) is 11.6 Å². The highest BCUT2D eigenvalue weighted by Crippen LogP contribution is 2.25. The zero-order valence-corrected chi connectivity index (χ0v) is 18.9. The largest absolute Gasteiger partial charge is 0.332 e. The molecule has 8 heteroatoms. The molecular weight excluding hydrogens is 434 g/mol. The van der Waals surface area contributed by atoms with Crippen LogP contribution >= 0.6 is 22.9 Å². The Morgan fingerprint density at radius 2 is 1.71 bits per heavy atom. The molecule has 31 heavy (non-hydrogen) atoms. The number of benzene rings is 2. The van der Waals surface area contributed by atoms with E-state index >= 15 is 0 Å². The Hall–Kier alpha value is -3.16. The number of carbonyl (C=O) groups excluding carboxylic acids is 3. The van der Waals surface area contributed by atoms with Crippen molar-refractivity contribution in [2.45, 2.75) is 13.8 Å². The molecule has 3 aromatic rings. The molecule has 2 N–H and O–H groups in total. The Labute approximate surface area is 189 Å². The third-order valence-electron chi connectivity index (χ3n) is 4.68. The van der Waals surface area contributed by atoms with Crippen molar-refractivity contribution in [3.8, 4) is 0 Å². The first-order chi connectivity index (χ1) is 14.8. The molecule has 0 atom stereocenters. The van der Waals surface area contributed by atoms with Crippen LogP contribution in [-0.2, 0) is 4.79 Å². The number of carbonyl (C=O) groups is 3. The second-order valence-electron chi connectivity index (χ2n) is 7.10. The van der Waals surface area contributed by atoms with Crippen LogP contribution in [-0.4, -0.2) is 36.2 Å². The molecule has 1 heterocycles. The monoisotopic (exact) mass is 455 g/mol. The van der Waals surface area contributed by atoms with Gasteiger partial charge in [0.15, 0.2) is 0 Å². The van der Waals surface area contributed by atoms with Crippen molar-refractivity contribution >= 4 is 52.0 Å². The molecule has 0 fully saturated rings. The predicted octanol–water partition coefficient (Wildman–Crippen LogP) is 4.98. The smallest absolute Gasteiger partial charge is 0.265 e. The van der Waals surface area contributed by atoms with Gasteiger partial charge in [-0.15, -0.1) is 11.3 Å². The van der Waals surface area contributed by atoms with E-state index in [1.165, 1.54) is 22.3 Å². The topological polar surface area (TPSA) is 78.5 Å². The van der Waals surface area contributed by atoms with Crippen molar-refractivity contribution in [3.05, 3.63) is 80.5 Å². The first-order valence-corrected chi connectivity index (χ1v) is 10.8. The average Bonchev–Trinajstić information content (AvgIpc) is 3.27. The number of para-hydroxylation sites is 1. The van der Waals surface area contributed by atoms with Gasteiger partial charge in [0, 0.05) is 18.3 Å². The molecule has 3 amide bonds. The van der Waals surface area contributed by atoms with E-state index in [1.54, 1.807) is 36.7 Å². The summed E-state index contributed by atoms with van der Waals surface area (Å²) in [5.41, 5.74) is 3.29. The normalized spacial score (nSPS) is 10.5. The zero-order valence-electron chi connectivity index (χ0n) is 17.4. The van der Waals surface area contributed by atoms with E-state index in [1.807, 2.05) is 32.0 Å². The van der Waals surface area contributed by atoms with E-state index in [0.717, 1.165) is 16.8 Å². The van der Waals surface area contributed by atoms with Gasteiger partial charge >= 0.3 is 0 Å². The van der Waals surface area contributed by atoms with Gasteiger partial charge in [-0.1, -0.05) is 35.9 Å². The number of hydrogen-bond acceptors (Lipinski definition) is 4. The Morgan fingerprint density at radius 1 is 1.00 bits per heavy atom. The molecule has 0 bridgehead atoms. The molecule has 0 aliphatic rings. The lowest BCUT2D eigenvalue weighted by Crippen LogP contribution is -2.35. The number of nitrogens with one attached hydrogen (secondary N) is 2. The molecule has 0 saturated carbocycles. The molecule has 6 nitrogen and oxygen atoms in total. The lowest BCUT2D eigenvalue weighted by atomic mass is 10.1. The van der Waals surface area contributed by atoms with Gasteiger partial charge in [0.2, 0.25) is 5.91 Å². The third kappa shape index (κ3) is 5.51. The molecule has 0 aliphatic carbocycles. The standard InChI is InChI=1S/C23H22ClN3O3S/c1-14-6-4-7-15(2)21(14)26-20(28)13-27(3)23(30)16-9-10-17(24)18(12-16)25-22(29)19-8-5-11-31-19/h4-12H,13H2,1-3H3,(H,25,29)(H,26,28). The quantitative estimate of drug-likeness (QED) is 0.550. The maximum Gasteiger partial charge on any atom is 0.265 e. The Balaban J connectivity index is 1.69. The van der Waals surface area contributed by atoms with Gasteiger partial charge in [-0.25, -0.2) is 0 Å². The van der Waals surface area contributed by atoms with Crippen LogP contribution in [0.2, 0.25) is 5.02 Å². The van der Waals surface area contributed by atoms with Gasteiger partial charge in [0.25, 0.3) is 11.8 Å². The summed E-state index contributed by atoms with van der Waals surface area (Å²) in [6, 6.07) is 13.8. The summed E-state index contributed by atoms with van der Waals surface area (Å²) in [4.78, 5) is 39.5. The van der Waals surface area contributed by atoms with Crippen molar-refractivity contribution < 1.29 is 14.4 Å². The lowest BCUT2D eigenvalue weighted by molar-refractivity contribution is -0.116. The maximum absolute atomic E-state index is 12.8. The minimum Gasteiger partial charge on any atom is -0.332 e. The van der Waals surface area contributed by atoms with E-state index in [-0.39, 0.29) is 24.3 Å². The molecule has 0 spiro atoms. The molecule has 0 unspecified atom stereocenters. The second kappa shape index (κ2) is 9.76. The summed E-state index contributed by atoms with van der Waals surface area (Å²) in [6.45, 7) is 3.71. The number of hydrogen-bond donors (Lipinski definition) is 2. The Bertz CT molecular complexity index is 1110. The van der Waals surface area contributed by atoms with Gasteiger partial charge < -0.3 is 15.5 Å². The number of aryl methyl sites for hydroxylation is 2. The lowest BCUT2D eigenvalue weighted by Gasteiger charge is -2.19. The Morgan fingerprint density at radius 3 is 2.35 bits per heavy atom. The van der Waals surface area contributed by atoms with Crippen molar-refractivity contribution in [3.63, 3.8) is 0 Å². The molecule has 0 saturated heterocycles. The van der Waals surface area contributed by atoms with Crippen LogP contribution in [0.4, 0.5) is 11.4 Å². The molecule has 0 radical (unpaired) electrons. The first-order valence-electron chi connectivity index (χ1n) is 9.52. The molecular formula is C23H22ClN3O3S. The van der Waals surface area contributed by atoms with Crippen LogP contribution in [0.1, 0.15) is 31.2 Å². The van der Waals surface area contributed by atoms with Crippen LogP contribution in [0, 0.1) is 13.8 Å². The number of rotatable bonds is 6. The highest BCUT2D eigenvalue weighted by atomic mass is 35.5. The number of thiophene rings is 1. The highest BCUT2D eigenvalue weighted by Gasteiger charge is 2.18. The maximum atomic E-state index is 12.8. The zero-order chi connectivity index (χ0) is 22.5. The number of anilines is 2. The number of nitrogens with zero attached hydrogens (tertiary/aromatic N) is 1. The molecule has 2 aromatic carbocycles. The first kappa shape index (κ1) is 22.5. The van der Waals surface area contributed by atoms with Crippen LogP contribution in [0.3, 0.4) is 0 Å². The van der Waals surface area contributed by atoms with E-state index in [9.17, 15) is 14.4 Å². The minimum atomic E-state index is -0.361. The Kier molecular flexibility index (Phi) is 7.09. The van der Waals surface area contributed by atoms with Crippen molar-refractivity contribution in [2.75, 3.05) is 24.2 Å². The van der Waals surface area contributed by atoms with Crippen LogP contribution < -0.4 is 10.6 Å². The van der Waals surface area contributed by atoms with Gasteiger partial charge in [-0.05, 0) is 54.6 Å². The fourth-order valence-corrected chi connectivity index (χ4v) is 3.83. The predicted molar refractivity (Wildman–Crippen MR) is 125 cm³/mol. The van der Waals surface area contributed by atoms with E-state index in [0.29, 0.717) is 21.2 Å². The summed E-state index contributed by atoms with van der Waals surface area (Å²) in [7, 11) is 1.55. The minimum absolute atomic E-state index is 0.119. The molecule has 160 valence electrons. The molecule has 0 aliphatic heterocycles. The second-order valence-corrected chi connectivity index (χ2v) is 8.46. The van der Waals surface area contributed by atoms with E-state index < -0.39 is 0 Å². The highest BCUT2D eigenvalue weighted by molar-refractivity contribution is 7.12. The average molecular weight is 456 g/mol. The van der Waals surface area contributed by atoms with Crippen molar-refractivity contribution in [1.82, 2.24) is 4.90 Å². The van der Waals surface area contributed by atoms with Crippen LogP contribution in [0.5, 0.6) is 0 Å². The molecule has 1 aromatic heterocycles. The van der Waals surface area contributed by atoms with Gasteiger partial charge in [0.1, 0.15) is 0 Å². The van der Waals surface area contributed by atoms with E-state index in [2.05, 4.69) is 10.6 Å². The van der Waals surface area contributed by atoms with Gasteiger partial charge in [-0.3, -0.25) is 14.4 Å². The fraction of sp³-hybridized carbons (Fsp3) is 0.174. The molecule has 3 rings (SSSR count). The van der Waals surface area contributed by atoms with Gasteiger partial charge in [0.05, 0.1) is 22.1 Å². The van der Waals surface area contributed by atoms with Crippen LogP contribution in [0.15, 0.2) is 53.9 Å². The van der Waals surface area contributed by atoms with Crippen molar-refractivity contribution in [1.29, 1.82) is 0 Å². The van der Waals surface area contributed by atoms with Gasteiger partial charge in [-0.2, -0.15) is 0 Å². The number of amides is 3. The van der Waals surface area contributed by atoms with Crippen LogP contribution in [0.25, 0.3) is 0 Å².